The minimum Gasteiger partial charge on any atom is -0.348 e. The Labute approximate surface area is 167 Å². The van der Waals surface area contributed by atoms with Crippen molar-refractivity contribution in [3.05, 3.63) is 65.5 Å². The summed E-state index contributed by atoms with van der Waals surface area (Å²) >= 11 is 7.96. The fraction of sp³-hybridized carbons (Fsp3) is 0.238. The Balaban J connectivity index is 1.42. The number of nitrogens with one attached hydrogen (secondary N) is 1. The summed E-state index contributed by atoms with van der Waals surface area (Å²) in [5, 5.41) is 5.34. The number of anilines is 2. The molecule has 2 heterocycles. The van der Waals surface area contributed by atoms with Gasteiger partial charge >= 0.3 is 0 Å². The molecule has 4 nitrogen and oxygen atoms in total. The van der Waals surface area contributed by atoms with Crippen molar-refractivity contribution in [3.63, 3.8) is 0 Å². The van der Waals surface area contributed by atoms with Crippen molar-refractivity contribution in [2.75, 3.05) is 23.3 Å². The molecule has 1 N–H and O–H groups in total. The van der Waals surface area contributed by atoms with Crippen LogP contribution in [0.3, 0.4) is 0 Å². The van der Waals surface area contributed by atoms with Crippen LogP contribution in [0.4, 0.5) is 10.8 Å². The summed E-state index contributed by atoms with van der Waals surface area (Å²) in [6, 6.07) is 17.1. The van der Waals surface area contributed by atoms with Gasteiger partial charge < -0.3 is 10.2 Å². The molecule has 1 atom stereocenters. The molecule has 4 rings (SSSR count). The highest BCUT2D eigenvalue weighted by Gasteiger charge is 2.18. The summed E-state index contributed by atoms with van der Waals surface area (Å²) in [7, 11) is 0. The molecule has 0 aliphatic carbocycles. The van der Waals surface area contributed by atoms with Gasteiger partial charge in [0.2, 0.25) is 5.91 Å². The van der Waals surface area contributed by atoms with Gasteiger partial charge in [-0.15, -0.1) is 22.9 Å². The third kappa shape index (κ3) is 4.15. The third-order valence-corrected chi connectivity index (χ3v) is 5.99. The minimum atomic E-state index is -0.715. The molecule has 0 saturated carbocycles. The van der Waals surface area contributed by atoms with E-state index in [0.717, 1.165) is 40.7 Å². The molecule has 1 aliphatic rings. The highest BCUT2D eigenvalue weighted by molar-refractivity contribution is 7.14. The zero-order valence-corrected chi connectivity index (χ0v) is 16.3. The molecule has 1 amide bonds. The van der Waals surface area contributed by atoms with Crippen LogP contribution < -0.4 is 10.2 Å². The molecule has 0 bridgehead atoms. The summed E-state index contributed by atoms with van der Waals surface area (Å²) < 4.78 is 0. The normalized spacial score (nSPS) is 14.9. The molecule has 138 valence electrons. The number of alkyl halides is 1. The Hall–Kier alpha value is -2.37. The second-order valence-corrected chi connectivity index (χ2v) is 7.82. The van der Waals surface area contributed by atoms with Gasteiger partial charge in [-0.1, -0.05) is 42.5 Å². The first kappa shape index (κ1) is 18.0. The molecule has 6 heteroatoms. The highest BCUT2D eigenvalue weighted by Crippen LogP contribution is 2.30. The Morgan fingerprint density at radius 1 is 1.07 bits per heavy atom. The zero-order chi connectivity index (χ0) is 18.6. The summed E-state index contributed by atoms with van der Waals surface area (Å²) in [4.78, 5) is 19.5. The van der Waals surface area contributed by atoms with E-state index in [9.17, 15) is 4.79 Å². The van der Waals surface area contributed by atoms with Crippen molar-refractivity contribution in [3.8, 4) is 11.3 Å². The van der Waals surface area contributed by atoms with Gasteiger partial charge in [0.15, 0.2) is 5.13 Å². The van der Waals surface area contributed by atoms with Crippen LogP contribution in [0.15, 0.2) is 60.0 Å². The predicted octanol–water partition coefficient (Wildman–Crippen LogP) is 5.33. The van der Waals surface area contributed by atoms with E-state index >= 15 is 0 Å². The Bertz CT molecular complexity index is 905. The van der Waals surface area contributed by atoms with Crippen molar-refractivity contribution >= 4 is 39.7 Å². The molecule has 0 radical (unpaired) electrons. The number of rotatable bonds is 5. The lowest BCUT2D eigenvalue weighted by Gasteiger charge is -2.12. The SMILES string of the molecule is O=C(Nc1ccc(-c2csc(N3CCCC3)n2)cc1)[C@H](Cl)c1ccccc1. The lowest BCUT2D eigenvalue weighted by atomic mass is 10.1. The van der Waals surface area contributed by atoms with Crippen molar-refractivity contribution < 1.29 is 4.79 Å². The highest BCUT2D eigenvalue weighted by atomic mass is 35.5. The van der Waals surface area contributed by atoms with Gasteiger partial charge in [-0.25, -0.2) is 4.98 Å². The molecule has 2 aromatic carbocycles. The summed E-state index contributed by atoms with van der Waals surface area (Å²) in [6.07, 6.45) is 2.49. The molecule has 27 heavy (non-hydrogen) atoms. The summed E-state index contributed by atoms with van der Waals surface area (Å²) in [6.45, 7) is 2.19. The van der Waals surface area contributed by atoms with E-state index in [2.05, 4.69) is 15.6 Å². The van der Waals surface area contributed by atoms with E-state index < -0.39 is 5.38 Å². The molecular weight excluding hydrogens is 378 g/mol. The third-order valence-electron chi connectivity index (χ3n) is 4.64. The van der Waals surface area contributed by atoms with E-state index in [4.69, 9.17) is 16.6 Å². The second-order valence-electron chi connectivity index (χ2n) is 6.55. The van der Waals surface area contributed by atoms with Crippen LogP contribution in [0.1, 0.15) is 23.8 Å². The Kier molecular flexibility index (Phi) is 5.41. The topological polar surface area (TPSA) is 45.2 Å². The Morgan fingerprint density at radius 3 is 2.48 bits per heavy atom. The number of hydrogen-bond donors (Lipinski definition) is 1. The number of nitrogens with zero attached hydrogens (tertiary/aromatic N) is 2. The number of benzene rings is 2. The van der Waals surface area contributed by atoms with E-state index in [1.54, 1.807) is 11.3 Å². The van der Waals surface area contributed by atoms with Crippen LogP contribution in [-0.4, -0.2) is 24.0 Å². The summed E-state index contributed by atoms with van der Waals surface area (Å²) in [5.41, 5.74) is 3.52. The Morgan fingerprint density at radius 2 is 1.78 bits per heavy atom. The fourth-order valence-electron chi connectivity index (χ4n) is 3.15. The van der Waals surface area contributed by atoms with Crippen LogP contribution in [-0.2, 0) is 4.79 Å². The van der Waals surface area contributed by atoms with Crippen LogP contribution in [0.5, 0.6) is 0 Å². The monoisotopic (exact) mass is 397 g/mol. The first-order valence-corrected chi connectivity index (χ1v) is 10.3. The van der Waals surface area contributed by atoms with Gasteiger partial charge in [0.1, 0.15) is 5.38 Å². The van der Waals surface area contributed by atoms with Crippen LogP contribution in [0, 0.1) is 0 Å². The van der Waals surface area contributed by atoms with Gasteiger partial charge in [-0.2, -0.15) is 0 Å². The standard InChI is InChI=1S/C21H20ClN3OS/c22-19(16-6-2-1-3-7-16)20(26)23-17-10-8-15(9-11-17)18-14-27-21(24-18)25-12-4-5-13-25/h1-3,6-11,14,19H,4-5,12-13H2,(H,23,26)/t19-/m1/s1. The van der Waals surface area contributed by atoms with Crippen molar-refractivity contribution in [1.82, 2.24) is 4.98 Å². The number of hydrogen-bond acceptors (Lipinski definition) is 4. The van der Waals surface area contributed by atoms with E-state index in [1.807, 2.05) is 54.6 Å². The number of carbonyl (C=O) groups excluding carboxylic acids is 1. The summed E-state index contributed by atoms with van der Waals surface area (Å²) in [5.74, 6) is -0.236. The smallest absolute Gasteiger partial charge is 0.246 e. The number of carbonyl (C=O) groups is 1. The molecule has 1 saturated heterocycles. The van der Waals surface area contributed by atoms with E-state index in [0.29, 0.717) is 0 Å². The van der Waals surface area contributed by atoms with Crippen molar-refractivity contribution in [2.24, 2.45) is 0 Å². The molecular formula is C21H20ClN3OS. The maximum absolute atomic E-state index is 12.4. The number of thiazole rings is 1. The average Bonchev–Trinajstić information content (AvgIpc) is 3.40. The van der Waals surface area contributed by atoms with Gasteiger partial charge in [-0.3, -0.25) is 4.79 Å². The fourth-order valence-corrected chi connectivity index (χ4v) is 4.24. The molecule has 1 fully saturated rings. The lowest BCUT2D eigenvalue weighted by Crippen LogP contribution is -2.17. The minimum absolute atomic E-state index is 0.236. The number of amides is 1. The maximum Gasteiger partial charge on any atom is 0.246 e. The lowest BCUT2D eigenvalue weighted by molar-refractivity contribution is -0.116. The number of aromatic nitrogens is 1. The van der Waals surface area contributed by atoms with Crippen LogP contribution >= 0.6 is 22.9 Å². The average molecular weight is 398 g/mol. The van der Waals surface area contributed by atoms with Gasteiger partial charge in [-0.05, 0) is 30.5 Å². The van der Waals surface area contributed by atoms with Gasteiger partial charge in [0.25, 0.3) is 0 Å². The zero-order valence-electron chi connectivity index (χ0n) is 14.8. The first-order chi connectivity index (χ1) is 13.2. The van der Waals surface area contributed by atoms with E-state index in [-0.39, 0.29) is 5.91 Å². The van der Waals surface area contributed by atoms with Gasteiger partial charge in [0, 0.05) is 29.7 Å². The molecule has 0 spiro atoms. The van der Waals surface area contributed by atoms with Crippen LogP contribution in [0.25, 0.3) is 11.3 Å². The maximum atomic E-state index is 12.4. The molecule has 3 aromatic rings. The molecule has 1 aromatic heterocycles. The van der Waals surface area contributed by atoms with Crippen LogP contribution in [0.2, 0.25) is 0 Å². The van der Waals surface area contributed by atoms with Gasteiger partial charge in [0.05, 0.1) is 5.69 Å². The van der Waals surface area contributed by atoms with Crippen molar-refractivity contribution in [1.29, 1.82) is 0 Å². The first-order valence-electron chi connectivity index (χ1n) is 9.01. The second kappa shape index (κ2) is 8.11. The van der Waals surface area contributed by atoms with Crippen molar-refractivity contribution in [2.45, 2.75) is 18.2 Å². The molecule has 1 aliphatic heterocycles. The molecule has 0 unspecified atom stereocenters. The van der Waals surface area contributed by atoms with E-state index in [1.165, 1.54) is 12.8 Å². The predicted molar refractivity (Wildman–Crippen MR) is 113 cm³/mol. The number of halogens is 1. The largest absolute Gasteiger partial charge is 0.348 e. The quantitative estimate of drug-likeness (QED) is 0.592.